The molecule has 3 nitrogen and oxygen atoms in total. The summed E-state index contributed by atoms with van der Waals surface area (Å²) in [5.41, 5.74) is 1.63. The van der Waals surface area contributed by atoms with Gasteiger partial charge in [0.15, 0.2) is 11.6 Å². The van der Waals surface area contributed by atoms with E-state index < -0.39 is 11.6 Å². The lowest BCUT2D eigenvalue weighted by Crippen LogP contribution is -2.19. The van der Waals surface area contributed by atoms with Crippen molar-refractivity contribution in [3.63, 3.8) is 0 Å². The molecule has 0 aliphatic heterocycles. The lowest BCUT2D eigenvalue weighted by atomic mass is 10.0. The van der Waals surface area contributed by atoms with Crippen molar-refractivity contribution in [2.24, 2.45) is 0 Å². The number of hydrogen-bond donors (Lipinski definition) is 1. The largest absolute Gasteiger partial charge is 0.313 e. The summed E-state index contributed by atoms with van der Waals surface area (Å²) in [5.74, 6) is -1.65. The molecule has 0 aliphatic rings. The molecule has 0 bridgehead atoms. The number of likely N-dealkylation sites (N-methyl/N-ethyl adjacent to an activating group) is 1. The summed E-state index contributed by atoms with van der Waals surface area (Å²) in [6.07, 6.45) is 2.55. The molecule has 0 saturated carbocycles. The zero-order valence-electron chi connectivity index (χ0n) is 11.9. The smallest absolute Gasteiger partial charge is 0.159 e. The molecule has 0 spiro atoms. The van der Waals surface area contributed by atoms with Crippen LogP contribution in [0.15, 0.2) is 30.5 Å². The van der Waals surface area contributed by atoms with Crippen molar-refractivity contribution in [3.8, 4) is 0 Å². The summed E-state index contributed by atoms with van der Waals surface area (Å²) in [5, 5.41) is 7.59. The minimum atomic E-state index is -0.826. The van der Waals surface area contributed by atoms with Crippen LogP contribution in [0.3, 0.4) is 0 Å². The Labute approximate surface area is 117 Å². The van der Waals surface area contributed by atoms with Crippen LogP contribution >= 0.6 is 0 Å². The summed E-state index contributed by atoms with van der Waals surface area (Å²) < 4.78 is 28.2. The summed E-state index contributed by atoms with van der Waals surface area (Å²) in [4.78, 5) is 0. The molecule has 0 aliphatic carbocycles. The maximum Gasteiger partial charge on any atom is 0.159 e. The van der Waals surface area contributed by atoms with Crippen LogP contribution in [0.25, 0.3) is 0 Å². The average molecular weight is 279 g/mol. The normalized spacial score (nSPS) is 12.9. The minimum absolute atomic E-state index is 0.0967. The zero-order valence-corrected chi connectivity index (χ0v) is 11.9. The third-order valence-electron chi connectivity index (χ3n) is 3.30. The van der Waals surface area contributed by atoms with E-state index in [0.29, 0.717) is 18.0 Å². The van der Waals surface area contributed by atoms with Crippen molar-refractivity contribution in [1.82, 2.24) is 15.1 Å². The number of rotatable bonds is 5. The molecule has 0 fully saturated rings. The molecule has 1 N–H and O–H groups in total. The van der Waals surface area contributed by atoms with Crippen LogP contribution in [-0.2, 0) is 6.42 Å². The van der Waals surface area contributed by atoms with Gasteiger partial charge in [-0.25, -0.2) is 8.78 Å². The molecule has 1 aromatic carbocycles. The Morgan fingerprint density at radius 2 is 1.95 bits per heavy atom. The van der Waals surface area contributed by atoms with E-state index in [4.69, 9.17) is 0 Å². The molecule has 0 saturated heterocycles. The lowest BCUT2D eigenvalue weighted by molar-refractivity contribution is 0.497. The second-order valence-electron chi connectivity index (χ2n) is 5.10. The average Bonchev–Trinajstić information content (AvgIpc) is 2.88. The Morgan fingerprint density at radius 1 is 1.20 bits per heavy atom. The second kappa shape index (κ2) is 6.13. The SMILES string of the molecule is CNC(Cc1ccn(C(C)C)n1)c1ccc(F)c(F)c1. The van der Waals surface area contributed by atoms with Gasteiger partial charge in [-0.3, -0.25) is 4.68 Å². The first-order valence-electron chi connectivity index (χ1n) is 6.67. The molecular formula is C15H19F2N3. The van der Waals surface area contributed by atoms with Gasteiger partial charge in [0.2, 0.25) is 0 Å². The standard InChI is InChI=1S/C15H19F2N3/c1-10(2)20-7-6-12(19-20)9-15(18-3)11-4-5-13(16)14(17)8-11/h4-8,10,15,18H,9H2,1-3H3. The van der Waals surface area contributed by atoms with Crippen LogP contribution in [0.4, 0.5) is 8.78 Å². The fraction of sp³-hybridized carbons (Fsp3) is 0.400. The molecule has 2 aromatic rings. The van der Waals surface area contributed by atoms with Crippen molar-refractivity contribution in [1.29, 1.82) is 0 Å². The number of aromatic nitrogens is 2. The molecule has 2 rings (SSSR count). The molecule has 1 atom stereocenters. The highest BCUT2D eigenvalue weighted by atomic mass is 19.2. The van der Waals surface area contributed by atoms with Gasteiger partial charge >= 0.3 is 0 Å². The predicted molar refractivity (Wildman–Crippen MR) is 74.5 cm³/mol. The van der Waals surface area contributed by atoms with Crippen LogP contribution in [-0.4, -0.2) is 16.8 Å². The molecule has 20 heavy (non-hydrogen) atoms. The van der Waals surface area contributed by atoms with Gasteiger partial charge < -0.3 is 5.32 Å². The van der Waals surface area contributed by atoms with Crippen molar-refractivity contribution >= 4 is 0 Å². The lowest BCUT2D eigenvalue weighted by Gasteiger charge is -2.15. The topological polar surface area (TPSA) is 29.9 Å². The van der Waals surface area contributed by atoms with Crippen molar-refractivity contribution in [2.45, 2.75) is 32.4 Å². The van der Waals surface area contributed by atoms with E-state index in [1.54, 1.807) is 13.1 Å². The van der Waals surface area contributed by atoms with E-state index in [1.807, 2.05) is 16.9 Å². The summed E-state index contributed by atoms with van der Waals surface area (Å²) in [6, 6.07) is 6.14. The fourth-order valence-electron chi connectivity index (χ4n) is 2.10. The third kappa shape index (κ3) is 3.22. The van der Waals surface area contributed by atoms with Crippen molar-refractivity contribution in [2.75, 3.05) is 7.05 Å². The van der Waals surface area contributed by atoms with E-state index in [9.17, 15) is 8.78 Å². The number of hydrogen-bond acceptors (Lipinski definition) is 2. The first-order chi connectivity index (χ1) is 9.51. The van der Waals surface area contributed by atoms with Gasteiger partial charge in [-0.2, -0.15) is 5.10 Å². The first kappa shape index (κ1) is 14.7. The van der Waals surface area contributed by atoms with E-state index in [-0.39, 0.29) is 6.04 Å². The summed E-state index contributed by atoms with van der Waals surface area (Å²) in [7, 11) is 1.80. The number of nitrogens with zero attached hydrogens (tertiary/aromatic N) is 2. The minimum Gasteiger partial charge on any atom is -0.313 e. The van der Waals surface area contributed by atoms with Crippen LogP contribution in [0, 0.1) is 11.6 Å². The molecule has 108 valence electrons. The molecule has 1 aromatic heterocycles. The van der Waals surface area contributed by atoms with E-state index >= 15 is 0 Å². The second-order valence-corrected chi connectivity index (χ2v) is 5.10. The Kier molecular flexibility index (Phi) is 4.49. The molecule has 0 radical (unpaired) electrons. The maximum atomic E-state index is 13.3. The zero-order chi connectivity index (χ0) is 14.7. The van der Waals surface area contributed by atoms with E-state index in [2.05, 4.69) is 24.3 Å². The number of halogens is 2. The predicted octanol–water partition coefficient (Wildman–Crippen LogP) is 3.25. The van der Waals surface area contributed by atoms with Gasteiger partial charge in [-0.05, 0) is 44.7 Å². The fourth-order valence-corrected chi connectivity index (χ4v) is 2.10. The van der Waals surface area contributed by atoms with Gasteiger partial charge in [0, 0.05) is 24.7 Å². The third-order valence-corrected chi connectivity index (χ3v) is 3.30. The van der Waals surface area contributed by atoms with Gasteiger partial charge in [0.1, 0.15) is 0 Å². The Hall–Kier alpha value is -1.75. The highest BCUT2D eigenvalue weighted by Crippen LogP contribution is 2.20. The van der Waals surface area contributed by atoms with Crippen LogP contribution < -0.4 is 5.32 Å². The molecule has 1 heterocycles. The quantitative estimate of drug-likeness (QED) is 0.910. The maximum absolute atomic E-state index is 13.3. The summed E-state index contributed by atoms with van der Waals surface area (Å²) in [6.45, 7) is 4.11. The number of nitrogens with one attached hydrogen (secondary N) is 1. The van der Waals surface area contributed by atoms with Crippen molar-refractivity contribution < 1.29 is 8.78 Å². The monoisotopic (exact) mass is 279 g/mol. The Morgan fingerprint density at radius 3 is 2.50 bits per heavy atom. The van der Waals surface area contributed by atoms with Gasteiger partial charge in [0.05, 0.1) is 5.69 Å². The Bertz CT molecular complexity index is 578. The molecule has 0 amide bonds. The Balaban J connectivity index is 2.17. The van der Waals surface area contributed by atoms with E-state index in [0.717, 1.165) is 11.8 Å². The molecular weight excluding hydrogens is 260 g/mol. The first-order valence-corrected chi connectivity index (χ1v) is 6.67. The van der Waals surface area contributed by atoms with E-state index in [1.165, 1.54) is 6.07 Å². The highest BCUT2D eigenvalue weighted by molar-refractivity contribution is 5.23. The van der Waals surface area contributed by atoms with Gasteiger partial charge in [0.25, 0.3) is 0 Å². The summed E-state index contributed by atoms with van der Waals surface area (Å²) >= 11 is 0. The van der Waals surface area contributed by atoms with Crippen molar-refractivity contribution in [3.05, 3.63) is 53.4 Å². The van der Waals surface area contributed by atoms with Gasteiger partial charge in [-0.15, -0.1) is 0 Å². The molecule has 5 heteroatoms. The van der Waals surface area contributed by atoms with Crippen LogP contribution in [0.2, 0.25) is 0 Å². The van der Waals surface area contributed by atoms with Gasteiger partial charge in [-0.1, -0.05) is 6.07 Å². The highest BCUT2D eigenvalue weighted by Gasteiger charge is 2.14. The molecule has 1 unspecified atom stereocenters. The van der Waals surface area contributed by atoms with Crippen LogP contribution in [0.1, 0.15) is 37.2 Å². The van der Waals surface area contributed by atoms with Crippen LogP contribution in [0.5, 0.6) is 0 Å². The number of benzene rings is 1.